The van der Waals surface area contributed by atoms with Gasteiger partial charge in [0.25, 0.3) is 5.91 Å². The van der Waals surface area contributed by atoms with Crippen LogP contribution in [0.5, 0.6) is 5.75 Å². The maximum atomic E-state index is 11.8. The number of ether oxygens (including phenoxy) is 1. The summed E-state index contributed by atoms with van der Waals surface area (Å²) in [7, 11) is 3.43. The lowest BCUT2D eigenvalue weighted by atomic mass is 10.0. The van der Waals surface area contributed by atoms with Crippen molar-refractivity contribution in [3.8, 4) is 5.75 Å². The lowest BCUT2D eigenvalue weighted by Crippen LogP contribution is -2.33. The summed E-state index contributed by atoms with van der Waals surface area (Å²) in [6.07, 6.45) is 4.02. The Balaban J connectivity index is 1.93. The van der Waals surface area contributed by atoms with E-state index in [1.165, 1.54) is 17.7 Å². The number of aromatic nitrogens is 1. The van der Waals surface area contributed by atoms with Crippen molar-refractivity contribution in [3.05, 3.63) is 24.0 Å². The van der Waals surface area contributed by atoms with E-state index < -0.39 is 0 Å². The molecule has 0 aliphatic carbocycles. The molecule has 1 aromatic heterocycles. The zero-order chi connectivity index (χ0) is 13.7. The van der Waals surface area contributed by atoms with E-state index in [1.54, 1.807) is 32.4 Å². The summed E-state index contributed by atoms with van der Waals surface area (Å²) >= 11 is 0. The predicted molar refractivity (Wildman–Crippen MR) is 73.3 cm³/mol. The molecule has 1 atom stereocenters. The van der Waals surface area contributed by atoms with Crippen LogP contribution in [0.1, 0.15) is 23.3 Å². The molecule has 2 rings (SSSR count). The molecule has 0 radical (unpaired) electrons. The molecule has 0 saturated carbocycles. The van der Waals surface area contributed by atoms with Crippen LogP contribution in [0.25, 0.3) is 0 Å². The zero-order valence-electron chi connectivity index (χ0n) is 11.6. The number of nitrogens with zero attached hydrogens (tertiary/aromatic N) is 2. The molecule has 0 aromatic carbocycles. The van der Waals surface area contributed by atoms with Gasteiger partial charge in [-0.15, -0.1) is 0 Å². The van der Waals surface area contributed by atoms with E-state index in [-0.39, 0.29) is 5.91 Å². The van der Waals surface area contributed by atoms with Gasteiger partial charge in [-0.25, -0.2) is 0 Å². The van der Waals surface area contributed by atoms with Gasteiger partial charge < -0.3 is 15.0 Å². The smallest absolute Gasteiger partial charge is 0.272 e. The monoisotopic (exact) mass is 263 g/mol. The number of carbonyl (C=O) groups excluding carboxylic acids is 1. The van der Waals surface area contributed by atoms with E-state index in [4.69, 9.17) is 4.74 Å². The average Bonchev–Trinajstić information content (AvgIpc) is 2.45. The normalized spacial score (nSPS) is 18.9. The zero-order valence-corrected chi connectivity index (χ0v) is 11.6. The van der Waals surface area contributed by atoms with Gasteiger partial charge in [0.1, 0.15) is 11.4 Å². The molecular weight excluding hydrogens is 242 g/mol. The first-order valence-electron chi connectivity index (χ1n) is 6.68. The van der Waals surface area contributed by atoms with Gasteiger partial charge in [0.15, 0.2) is 0 Å². The fourth-order valence-corrected chi connectivity index (χ4v) is 2.13. The van der Waals surface area contributed by atoms with Crippen LogP contribution in [0.2, 0.25) is 0 Å². The highest BCUT2D eigenvalue weighted by molar-refractivity contribution is 5.92. The molecule has 1 N–H and O–H groups in total. The van der Waals surface area contributed by atoms with Crippen molar-refractivity contribution in [3.63, 3.8) is 0 Å². The van der Waals surface area contributed by atoms with Crippen molar-refractivity contribution in [1.29, 1.82) is 0 Å². The van der Waals surface area contributed by atoms with Crippen LogP contribution in [0.4, 0.5) is 0 Å². The molecule has 0 bridgehead atoms. The first-order chi connectivity index (χ1) is 9.16. The van der Waals surface area contributed by atoms with Crippen LogP contribution in [0.3, 0.4) is 0 Å². The Bertz CT molecular complexity index is 428. The lowest BCUT2D eigenvalue weighted by Gasteiger charge is -2.22. The number of hydrogen-bond donors (Lipinski definition) is 1. The number of hydrogen-bond acceptors (Lipinski definition) is 4. The van der Waals surface area contributed by atoms with Crippen molar-refractivity contribution in [1.82, 2.24) is 15.2 Å². The van der Waals surface area contributed by atoms with Gasteiger partial charge in [0.05, 0.1) is 6.61 Å². The Kier molecular flexibility index (Phi) is 4.74. The van der Waals surface area contributed by atoms with Gasteiger partial charge in [-0.2, -0.15) is 0 Å². The summed E-state index contributed by atoms with van der Waals surface area (Å²) in [6.45, 7) is 2.80. The minimum absolute atomic E-state index is 0.107. The second kappa shape index (κ2) is 6.52. The number of amides is 1. The summed E-state index contributed by atoms with van der Waals surface area (Å²) in [5, 5.41) is 3.36. The van der Waals surface area contributed by atoms with E-state index in [1.807, 2.05) is 0 Å². The molecule has 1 aromatic rings. The highest BCUT2D eigenvalue weighted by Gasteiger charge is 2.14. The highest BCUT2D eigenvalue weighted by atomic mass is 16.5. The largest absolute Gasteiger partial charge is 0.493 e. The van der Waals surface area contributed by atoms with Crippen LogP contribution in [-0.2, 0) is 0 Å². The summed E-state index contributed by atoms with van der Waals surface area (Å²) in [4.78, 5) is 17.4. The summed E-state index contributed by atoms with van der Waals surface area (Å²) < 4.78 is 5.77. The molecule has 1 unspecified atom stereocenters. The lowest BCUT2D eigenvalue weighted by molar-refractivity contribution is 0.0821. The molecule has 5 nitrogen and oxygen atoms in total. The molecular formula is C14H21N3O2. The number of rotatable bonds is 4. The molecule has 1 aliphatic rings. The van der Waals surface area contributed by atoms with E-state index in [0.717, 1.165) is 13.1 Å². The average molecular weight is 263 g/mol. The molecule has 1 aliphatic heterocycles. The Morgan fingerprint density at radius 1 is 1.58 bits per heavy atom. The Morgan fingerprint density at radius 2 is 2.42 bits per heavy atom. The summed E-state index contributed by atoms with van der Waals surface area (Å²) in [5.41, 5.74) is 0.421. The maximum Gasteiger partial charge on any atom is 0.272 e. The van der Waals surface area contributed by atoms with Gasteiger partial charge in [0, 0.05) is 38.8 Å². The van der Waals surface area contributed by atoms with Gasteiger partial charge in [-0.05, 0) is 25.5 Å². The van der Waals surface area contributed by atoms with Crippen molar-refractivity contribution in [2.75, 3.05) is 33.8 Å². The second-order valence-electron chi connectivity index (χ2n) is 5.10. The van der Waals surface area contributed by atoms with Crippen LogP contribution in [0.15, 0.2) is 18.3 Å². The van der Waals surface area contributed by atoms with Crippen LogP contribution in [0, 0.1) is 5.92 Å². The Hall–Kier alpha value is -1.62. The number of pyridine rings is 1. The van der Waals surface area contributed by atoms with Crippen molar-refractivity contribution in [2.45, 2.75) is 12.8 Å². The minimum atomic E-state index is -0.107. The number of carbonyl (C=O) groups is 1. The van der Waals surface area contributed by atoms with Gasteiger partial charge in [0.2, 0.25) is 0 Å². The van der Waals surface area contributed by atoms with Gasteiger partial charge >= 0.3 is 0 Å². The fraction of sp³-hybridized carbons (Fsp3) is 0.571. The van der Waals surface area contributed by atoms with Gasteiger partial charge in [-0.3, -0.25) is 9.78 Å². The minimum Gasteiger partial charge on any atom is -0.493 e. The fourth-order valence-electron chi connectivity index (χ4n) is 2.13. The third-order valence-corrected chi connectivity index (χ3v) is 3.24. The van der Waals surface area contributed by atoms with E-state index in [2.05, 4.69) is 10.3 Å². The molecule has 1 fully saturated rings. The van der Waals surface area contributed by atoms with Crippen LogP contribution < -0.4 is 10.1 Å². The summed E-state index contributed by atoms with van der Waals surface area (Å²) in [6, 6.07) is 3.50. The van der Waals surface area contributed by atoms with Crippen molar-refractivity contribution >= 4 is 5.91 Å². The topological polar surface area (TPSA) is 54.5 Å². The molecule has 1 saturated heterocycles. The first-order valence-corrected chi connectivity index (χ1v) is 6.68. The quantitative estimate of drug-likeness (QED) is 0.885. The van der Waals surface area contributed by atoms with E-state index >= 15 is 0 Å². The molecule has 19 heavy (non-hydrogen) atoms. The van der Waals surface area contributed by atoms with Crippen LogP contribution in [-0.4, -0.2) is 49.6 Å². The van der Waals surface area contributed by atoms with Gasteiger partial charge in [-0.1, -0.05) is 0 Å². The number of piperidine rings is 1. The predicted octanol–water partition coefficient (Wildman–Crippen LogP) is 1.16. The SMILES string of the molecule is CN(C)C(=O)c1cc(OCC2CCCNC2)ccn1. The van der Waals surface area contributed by atoms with Crippen molar-refractivity contribution in [2.24, 2.45) is 5.92 Å². The first kappa shape index (κ1) is 13.8. The Labute approximate surface area is 114 Å². The van der Waals surface area contributed by atoms with Crippen LogP contribution >= 0.6 is 0 Å². The number of nitrogens with one attached hydrogen (secondary N) is 1. The maximum absolute atomic E-state index is 11.8. The molecule has 5 heteroatoms. The second-order valence-corrected chi connectivity index (χ2v) is 5.10. The van der Waals surface area contributed by atoms with E-state index in [9.17, 15) is 4.79 Å². The molecule has 0 spiro atoms. The standard InChI is InChI=1S/C14H21N3O2/c1-17(2)14(18)13-8-12(5-7-16-13)19-10-11-4-3-6-15-9-11/h5,7-8,11,15H,3-4,6,9-10H2,1-2H3. The summed E-state index contributed by atoms with van der Waals surface area (Å²) in [5.74, 6) is 1.16. The Morgan fingerprint density at radius 3 is 3.11 bits per heavy atom. The molecule has 104 valence electrons. The molecule has 1 amide bonds. The highest BCUT2D eigenvalue weighted by Crippen LogP contribution is 2.16. The third-order valence-electron chi connectivity index (χ3n) is 3.24. The molecule has 2 heterocycles. The van der Waals surface area contributed by atoms with Crippen molar-refractivity contribution < 1.29 is 9.53 Å². The third kappa shape index (κ3) is 3.92. The van der Waals surface area contributed by atoms with E-state index in [0.29, 0.717) is 24.0 Å².